The van der Waals surface area contributed by atoms with Crippen LogP contribution in [0.4, 0.5) is 10.1 Å². The first-order valence-electron chi connectivity index (χ1n) is 9.55. The number of carbonyl (C=O) groups is 2. The molecule has 0 aliphatic rings. The van der Waals surface area contributed by atoms with E-state index < -0.39 is 34.3 Å². The highest BCUT2D eigenvalue weighted by molar-refractivity contribution is 7.92. The van der Waals surface area contributed by atoms with Crippen molar-refractivity contribution in [3.8, 4) is 0 Å². The Morgan fingerprint density at radius 3 is 2.16 bits per heavy atom. The van der Waals surface area contributed by atoms with Crippen molar-refractivity contribution < 1.29 is 22.4 Å². The minimum absolute atomic E-state index is 0.0171. The molecule has 1 atom stereocenters. The zero-order chi connectivity index (χ0) is 23.2. The molecule has 2 aromatic carbocycles. The molecule has 2 amide bonds. The van der Waals surface area contributed by atoms with Gasteiger partial charge in [0.05, 0.1) is 11.9 Å². The largest absolute Gasteiger partial charge is 0.357 e. The van der Waals surface area contributed by atoms with Crippen LogP contribution in [0.2, 0.25) is 5.02 Å². The molecule has 1 N–H and O–H groups in total. The first kappa shape index (κ1) is 24.6. The molecular formula is C21H25ClFN3O4S. The summed E-state index contributed by atoms with van der Waals surface area (Å²) in [5.74, 6) is -1.37. The van der Waals surface area contributed by atoms with Crippen LogP contribution in [0.25, 0.3) is 0 Å². The second kappa shape index (κ2) is 10.6. The predicted octanol–water partition coefficient (Wildman–Crippen LogP) is 2.80. The summed E-state index contributed by atoms with van der Waals surface area (Å²) in [7, 11) is -2.34. The molecule has 168 valence electrons. The number of nitrogens with zero attached hydrogens (tertiary/aromatic N) is 2. The van der Waals surface area contributed by atoms with Crippen molar-refractivity contribution in [1.29, 1.82) is 0 Å². The van der Waals surface area contributed by atoms with Crippen molar-refractivity contribution in [2.75, 3.05) is 24.2 Å². The van der Waals surface area contributed by atoms with Crippen molar-refractivity contribution in [1.82, 2.24) is 10.2 Å². The van der Waals surface area contributed by atoms with Gasteiger partial charge in [0.2, 0.25) is 21.8 Å². The van der Waals surface area contributed by atoms with E-state index in [0.717, 1.165) is 10.6 Å². The number of amides is 2. The smallest absolute Gasteiger partial charge is 0.244 e. The Kier molecular flexibility index (Phi) is 8.41. The maximum atomic E-state index is 13.3. The fourth-order valence-electron chi connectivity index (χ4n) is 3.09. The highest BCUT2D eigenvalue weighted by Crippen LogP contribution is 2.22. The van der Waals surface area contributed by atoms with Crippen LogP contribution in [0.15, 0.2) is 48.5 Å². The minimum Gasteiger partial charge on any atom is -0.357 e. The molecule has 0 aliphatic heterocycles. The van der Waals surface area contributed by atoms with Gasteiger partial charge < -0.3 is 10.2 Å². The molecule has 0 saturated carbocycles. The van der Waals surface area contributed by atoms with Crippen molar-refractivity contribution in [2.24, 2.45) is 0 Å². The SMILES string of the molecule is CCC(C(=O)NC)N(Cc1ccc(F)cc1)C(=O)CN(c1ccc(Cl)cc1)S(C)(=O)=O. The van der Waals surface area contributed by atoms with Gasteiger partial charge in [-0.25, -0.2) is 12.8 Å². The molecule has 0 saturated heterocycles. The number of likely N-dealkylation sites (N-methyl/N-ethyl adjacent to an activating group) is 1. The number of carbonyl (C=O) groups excluding carboxylic acids is 2. The summed E-state index contributed by atoms with van der Waals surface area (Å²) < 4.78 is 39.0. The van der Waals surface area contributed by atoms with E-state index in [0.29, 0.717) is 17.0 Å². The third-order valence-electron chi connectivity index (χ3n) is 4.69. The molecule has 0 bridgehead atoms. The number of rotatable bonds is 9. The molecule has 0 fully saturated rings. The van der Waals surface area contributed by atoms with Gasteiger partial charge in [-0.3, -0.25) is 13.9 Å². The molecule has 0 heterocycles. The van der Waals surface area contributed by atoms with Crippen LogP contribution in [0.1, 0.15) is 18.9 Å². The standard InChI is InChI=1S/C21H25ClFN3O4S/c1-4-19(21(28)24-2)25(13-15-5-9-17(23)10-6-15)20(27)14-26(31(3,29)30)18-11-7-16(22)8-12-18/h5-12,19H,4,13-14H2,1-3H3,(H,24,28). The molecular weight excluding hydrogens is 445 g/mol. The Labute approximate surface area is 186 Å². The lowest BCUT2D eigenvalue weighted by Gasteiger charge is -2.32. The normalized spacial score (nSPS) is 12.2. The van der Waals surface area contributed by atoms with Gasteiger partial charge in [0.15, 0.2) is 0 Å². The fraction of sp³-hybridized carbons (Fsp3) is 0.333. The van der Waals surface area contributed by atoms with E-state index in [-0.39, 0.29) is 18.1 Å². The molecule has 7 nitrogen and oxygen atoms in total. The first-order chi connectivity index (χ1) is 14.6. The molecule has 0 radical (unpaired) electrons. The third-order valence-corrected chi connectivity index (χ3v) is 6.08. The molecule has 0 aromatic heterocycles. The van der Waals surface area contributed by atoms with E-state index in [1.165, 1.54) is 60.5 Å². The van der Waals surface area contributed by atoms with Crippen LogP contribution in [-0.4, -0.2) is 51.0 Å². The van der Waals surface area contributed by atoms with Gasteiger partial charge in [-0.2, -0.15) is 0 Å². The lowest BCUT2D eigenvalue weighted by Crippen LogP contribution is -2.51. The van der Waals surface area contributed by atoms with Crippen LogP contribution in [0.3, 0.4) is 0 Å². The molecule has 2 aromatic rings. The fourth-order valence-corrected chi connectivity index (χ4v) is 4.07. The summed E-state index contributed by atoms with van der Waals surface area (Å²) in [6, 6.07) is 10.8. The second-order valence-electron chi connectivity index (χ2n) is 6.93. The maximum absolute atomic E-state index is 13.3. The van der Waals surface area contributed by atoms with Gasteiger partial charge >= 0.3 is 0 Å². The summed E-state index contributed by atoms with van der Waals surface area (Å²) >= 11 is 5.89. The average molecular weight is 470 g/mol. The van der Waals surface area contributed by atoms with Crippen molar-refractivity contribution in [3.05, 3.63) is 64.9 Å². The number of hydrogen-bond donors (Lipinski definition) is 1. The average Bonchev–Trinajstić information content (AvgIpc) is 2.72. The summed E-state index contributed by atoms with van der Waals surface area (Å²) in [5.41, 5.74) is 0.879. The Morgan fingerprint density at radius 2 is 1.68 bits per heavy atom. The van der Waals surface area contributed by atoms with E-state index in [1.807, 2.05) is 0 Å². The zero-order valence-electron chi connectivity index (χ0n) is 17.5. The zero-order valence-corrected chi connectivity index (χ0v) is 19.1. The number of hydrogen-bond acceptors (Lipinski definition) is 4. The van der Waals surface area contributed by atoms with Crippen LogP contribution in [0, 0.1) is 5.82 Å². The Balaban J connectivity index is 2.40. The van der Waals surface area contributed by atoms with Crippen LogP contribution in [-0.2, 0) is 26.2 Å². The maximum Gasteiger partial charge on any atom is 0.244 e. The topological polar surface area (TPSA) is 86.8 Å². The summed E-state index contributed by atoms with van der Waals surface area (Å²) in [5, 5.41) is 2.95. The molecule has 1 unspecified atom stereocenters. The van der Waals surface area contributed by atoms with Crippen molar-refractivity contribution >= 4 is 39.1 Å². The molecule has 2 rings (SSSR count). The Bertz CT molecular complexity index is 1010. The molecule has 31 heavy (non-hydrogen) atoms. The molecule has 10 heteroatoms. The van der Waals surface area contributed by atoms with Gasteiger partial charge in [0, 0.05) is 18.6 Å². The molecule has 0 aliphatic carbocycles. The Morgan fingerprint density at radius 1 is 1.10 bits per heavy atom. The third kappa shape index (κ3) is 6.67. The van der Waals surface area contributed by atoms with E-state index >= 15 is 0 Å². The van der Waals surface area contributed by atoms with Crippen LogP contribution in [0.5, 0.6) is 0 Å². The van der Waals surface area contributed by atoms with Crippen molar-refractivity contribution in [2.45, 2.75) is 25.9 Å². The number of anilines is 1. The Hall–Kier alpha value is -2.65. The lowest BCUT2D eigenvalue weighted by atomic mass is 10.1. The number of nitrogens with one attached hydrogen (secondary N) is 1. The van der Waals surface area contributed by atoms with E-state index in [1.54, 1.807) is 6.92 Å². The summed E-state index contributed by atoms with van der Waals surface area (Å²) in [6.45, 7) is 1.26. The summed E-state index contributed by atoms with van der Waals surface area (Å²) in [6.07, 6.45) is 1.31. The second-order valence-corrected chi connectivity index (χ2v) is 9.28. The van der Waals surface area contributed by atoms with Gasteiger partial charge in [-0.15, -0.1) is 0 Å². The quantitative estimate of drug-likeness (QED) is 0.611. The van der Waals surface area contributed by atoms with Gasteiger partial charge in [-0.05, 0) is 48.4 Å². The van der Waals surface area contributed by atoms with E-state index in [9.17, 15) is 22.4 Å². The van der Waals surface area contributed by atoms with E-state index in [4.69, 9.17) is 11.6 Å². The van der Waals surface area contributed by atoms with Gasteiger partial charge in [0.1, 0.15) is 18.4 Å². The predicted molar refractivity (Wildman–Crippen MR) is 119 cm³/mol. The molecule has 0 spiro atoms. The van der Waals surface area contributed by atoms with Crippen molar-refractivity contribution in [3.63, 3.8) is 0 Å². The monoisotopic (exact) mass is 469 g/mol. The number of benzene rings is 2. The lowest BCUT2D eigenvalue weighted by molar-refractivity contribution is -0.140. The number of sulfonamides is 1. The van der Waals surface area contributed by atoms with E-state index in [2.05, 4.69) is 5.32 Å². The van der Waals surface area contributed by atoms with Gasteiger partial charge in [0.25, 0.3) is 0 Å². The highest BCUT2D eigenvalue weighted by atomic mass is 35.5. The van der Waals surface area contributed by atoms with Gasteiger partial charge in [-0.1, -0.05) is 30.7 Å². The van der Waals surface area contributed by atoms with Crippen LogP contribution >= 0.6 is 11.6 Å². The minimum atomic E-state index is -3.80. The highest BCUT2D eigenvalue weighted by Gasteiger charge is 2.31. The first-order valence-corrected chi connectivity index (χ1v) is 11.8. The van der Waals surface area contributed by atoms with Crippen LogP contribution < -0.4 is 9.62 Å². The number of halogens is 2. The summed E-state index contributed by atoms with van der Waals surface area (Å²) in [4.78, 5) is 27.0.